The maximum absolute atomic E-state index is 12.6. The van der Waals surface area contributed by atoms with E-state index in [1.165, 1.54) is 31.5 Å². The van der Waals surface area contributed by atoms with Crippen molar-refractivity contribution >= 4 is 6.09 Å². The number of piperidine rings is 3. The number of amides is 1. The highest BCUT2D eigenvalue weighted by Gasteiger charge is 2.40. The van der Waals surface area contributed by atoms with Crippen molar-refractivity contribution < 1.29 is 9.53 Å². The summed E-state index contributed by atoms with van der Waals surface area (Å²) in [4.78, 5) is 15.0. The number of fused-ring (bicyclic) bond motifs is 3. The second kappa shape index (κ2) is 6.16. The lowest BCUT2D eigenvalue weighted by Crippen LogP contribution is -2.54. The third kappa shape index (κ3) is 2.97. The zero-order chi connectivity index (χ0) is 15.7. The van der Waals surface area contributed by atoms with Gasteiger partial charge in [0.15, 0.2) is 0 Å². The second-order valence-corrected chi connectivity index (χ2v) is 7.36. The molecule has 3 aliphatic heterocycles. The number of carbonyl (C=O) groups excluding carboxylic acids is 1. The Kier molecular flexibility index (Phi) is 4.02. The van der Waals surface area contributed by atoms with E-state index in [4.69, 9.17) is 4.74 Å². The summed E-state index contributed by atoms with van der Waals surface area (Å²) < 4.78 is 5.84. The lowest BCUT2D eigenvalue weighted by molar-refractivity contribution is -0.0354. The average molecular weight is 314 g/mol. The second-order valence-electron chi connectivity index (χ2n) is 7.36. The largest absolute Gasteiger partial charge is 0.445 e. The van der Waals surface area contributed by atoms with Gasteiger partial charge in [0, 0.05) is 6.54 Å². The van der Waals surface area contributed by atoms with Crippen molar-refractivity contribution in [1.29, 1.82) is 0 Å². The van der Waals surface area contributed by atoms with Crippen molar-refractivity contribution in [3.63, 3.8) is 0 Å². The van der Waals surface area contributed by atoms with Crippen LogP contribution >= 0.6 is 0 Å². The molecule has 3 heterocycles. The van der Waals surface area contributed by atoms with E-state index < -0.39 is 0 Å². The molecular weight excluding hydrogens is 288 g/mol. The van der Waals surface area contributed by atoms with E-state index in [0.717, 1.165) is 32.2 Å². The zero-order valence-corrected chi connectivity index (χ0v) is 13.7. The molecule has 124 valence electrons. The van der Waals surface area contributed by atoms with Gasteiger partial charge in [0.05, 0.1) is 5.54 Å². The van der Waals surface area contributed by atoms with Crippen LogP contribution in [0.2, 0.25) is 0 Å². The molecule has 1 unspecified atom stereocenters. The number of rotatable bonds is 3. The lowest BCUT2D eigenvalue weighted by Gasteiger charge is -2.44. The highest BCUT2D eigenvalue weighted by molar-refractivity contribution is 5.69. The molecule has 1 saturated carbocycles. The Hall–Kier alpha value is -1.55. The van der Waals surface area contributed by atoms with Gasteiger partial charge in [0.2, 0.25) is 0 Å². The summed E-state index contributed by atoms with van der Waals surface area (Å²) in [6.45, 7) is 3.25. The van der Waals surface area contributed by atoms with Crippen LogP contribution in [0.4, 0.5) is 4.79 Å². The third-order valence-corrected chi connectivity index (χ3v) is 5.98. The van der Waals surface area contributed by atoms with Gasteiger partial charge in [-0.1, -0.05) is 43.2 Å². The SMILES string of the molecule is O=C(NC1(c2ccccc2)CCCC1)OC1CN2CCC1CC2. The Morgan fingerprint density at radius 3 is 2.43 bits per heavy atom. The molecule has 23 heavy (non-hydrogen) atoms. The first-order chi connectivity index (χ1) is 11.3. The average Bonchev–Trinajstić information content (AvgIpc) is 3.06. The Morgan fingerprint density at radius 1 is 1.13 bits per heavy atom. The van der Waals surface area contributed by atoms with Gasteiger partial charge < -0.3 is 10.1 Å². The zero-order valence-electron chi connectivity index (χ0n) is 13.7. The first-order valence-electron chi connectivity index (χ1n) is 9.02. The van der Waals surface area contributed by atoms with Gasteiger partial charge in [-0.05, 0) is 50.3 Å². The van der Waals surface area contributed by atoms with Gasteiger partial charge >= 0.3 is 6.09 Å². The minimum atomic E-state index is -0.230. The number of benzene rings is 1. The molecular formula is C19H26N2O2. The monoisotopic (exact) mass is 314 g/mol. The van der Waals surface area contributed by atoms with Crippen molar-refractivity contribution in [1.82, 2.24) is 10.2 Å². The molecule has 0 spiro atoms. The Bertz CT molecular complexity index is 546. The molecule has 3 saturated heterocycles. The Balaban J connectivity index is 1.44. The highest BCUT2D eigenvalue weighted by Crippen LogP contribution is 2.39. The fraction of sp³-hybridized carbons (Fsp3) is 0.632. The number of ether oxygens (including phenoxy) is 1. The van der Waals surface area contributed by atoms with Gasteiger partial charge in [-0.25, -0.2) is 4.79 Å². The molecule has 5 rings (SSSR count). The van der Waals surface area contributed by atoms with Crippen molar-refractivity contribution in [2.24, 2.45) is 5.92 Å². The summed E-state index contributed by atoms with van der Waals surface area (Å²) >= 11 is 0. The predicted octanol–water partition coefficient (Wildman–Crippen LogP) is 3.28. The molecule has 2 bridgehead atoms. The Labute approximate surface area is 138 Å². The van der Waals surface area contributed by atoms with E-state index in [9.17, 15) is 4.79 Å². The Morgan fingerprint density at radius 2 is 1.83 bits per heavy atom. The molecule has 1 aliphatic carbocycles. The molecule has 4 heteroatoms. The number of hydrogen-bond donors (Lipinski definition) is 1. The quantitative estimate of drug-likeness (QED) is 0.931. The fourth-order valence-electron chi connectivity index (χ4n) is 4.63. The first kappa shape index (κ1) is 15.0. The summed E-state index contributed by atoms with van der Waals surface area (Å²) in [5, 5.41) is 3.24. The molecule has 1 aromatic carbocycles. The van der Waals surface area contributed by atoms with Gasteiger partial charge in [-0.3, -0.25) is 4.90 Å². The smallest absolute Gasteiger partial charge is 0.408 e. The van der Waals surface area contributed by atoms with Crippen LogP contribution in [0.15, 0.2) is 30.3 Å². The summed E-state index contributed by atoms with van der Waals surface area (Å²) in [5.74, 6) is 0.557. The van der Waals surface area contributed by atoms with Crippen LogP contribution in [-0.2, 0) is 10.3 Å². The summed E-state index contributed by atoms with van der Waals surface area (Å²) in [7, 11) is 0. The standard InChI is InChI=1S/C19H26N2O2/c22-18(23-17-14-21-12-8-15(17)9-13-21)20-19(10-4-5-11-19)16-6-2-1-3-7-16/h1-3,6-7,15,17H,4-5,8-14H2,(H,20,22). The van der Waals surface area contributed by atoms with Crippen molar-refractivity contribution in [2.75, 3.05) is 19.6 Å². The minimum Gasteiger partial charge on any atom is -0.445 e. The fourth-order valence-corrected chi connectivity index (χ4v) is 4.63. The van der Waals surface area contributed by atoms with E-state index >= 15 is 0 Å². The number of nitrogens with zero attached hydrogens (tertiary/aromatic N) is 1. The van der Waals surface area contributed by atoms with E-state index in [1.807, 2.05) is 6.07 Å². The molecule has 1 amide bonds. The van der Waals surface area contributed by atoms with Crippen LogP contribution in [0.1, 0.15) is 44.1 Å². The molecule has 0 aromatic heterocycles. The number of hydrogen-bond acceptors (Lipinski definition) is 3. The van der Waals surface area contributed by atoms with Crippen LogP contribution in [-0.4, -0.2) is 36.7 Å². The number of alkyl carbamates (subject to hydrolysis) is 1. The lowest BCUT2D eigenvalue weighted by atomic mass is 9.86. The molecule has 1 atom stereocenters. The van der Waals surface area contributed by atoms with Gasteiger partial charge in [0.25, 0.3) is 0 Å². The van der Waals surface area contributed by atoms with Crippen LogP contribution in [0, 0.1) is 5.92 Å². The predicted molar refractivity (Wildman–Crippen MR) is 89.2 cm³/mol. The highest BCUT2D eigenvalue weighted by atomic mass is 16.6. The number of nitrogens with one attached hydrogen (secondary N) is 1. The molecule has 4 aliphatic rings. The maximum Gasteiger partial charge on any atom is 0.408 e. The molecule has 1 aromatic rings. The normalized spacial score (nSPS) is 31.7. The third-order valence-electron chi connectivity index (χ3n) is 5.98. The molecule has 0 radical (unpaired) electrons. The van der Waals surface area contributed by atoms with Gasteiger partial charge in [0.1, 0.15) is 6.10 Å². The van der Waals surface area contributed by atoms with Gasteiger partial charge in [-0.15, -0.1) is 0 Å². The van der Waals surface area contributed by atoms with Crippen molar-refractivity contribution in [3.8, 4) is 0 Å². The maximum atomic E-state index is 12.6. The first-order valence-corrected chi connectivity index (χ1v) is 9.02. The summed E-state index contributed by atoms with van der Waals surface area (Å²) in [5.41, 5.74) is 0.982. The van der Waals surface area contributed by atoms with Crippen LogP contribution in [0.3, 0.4) is 0 Å². The van der Waals surface area contributed by atoms with E-state index in [0.29, 0.717) is 5.92 Å². The van der Waals surface area contributed by atoms with Crippen LogP contribution in [0.25, 0.3) is 0 Å². The topological polar surface area (TPSA) is 41.6 Å². The van der Waals surface area contributed by atoms with E-state index in [1.54, 1.807) is 0 Å². The van der Waals surface area contributed by atoms with Crippen molar-refractivity contribution in [2.45, 2.75) is 50.2 Å². The summed E-state index contributed by atoms with van der Waals surface area (Å²) in [6, 6.07) is 10.4. The van der Waals surface area contributed by atoms with Crippen LogP contribution < -0.4 is 5.32 Å². The van der Waals surface area contributed by atoms with E-state index in [2.05, 4.69) is 34.5 Å². The number of carbonyl (C=O) groups is 1. The molecule has 4 fully saturated rings. The molecule has 1 N–H and O–H groups in total. The van der Waals surface area contributed by atoms with E-state index in [-0.39, 0.29) is 17.7 Å². The van der Waals surface area contributed by atoms with Crippen LogP contribution in [0.5, 0.6) is 0 Å². The summed E-state index contributed by atoms with van der Waals surface area (Å²) in [6.07, 6.45) is 6.52. The molecule has 4 nitrogen and oxygen atoms in total. The van der Waals surface area contributed by atoms with Crippen molar-refractivity contribution in [3.05, 3.63) is 35.9 Å². The minimum absolute atomic E-state index is 0.0757. The van der Waals surface area contributed by atoms with Gasteiger partial charge in [-0.2, -0.15) is 0 Å².